The fourth-order valence-electron chi connectivity index (χ4n) is 1.59. The lowest BCUT2D eigenvalue weighted by molar-refractivity contribution is -0.146. The van der Waals surface area contributed by atoms with Crippen LogP contribution in [0.5, 0.6) is 0 Å². The van der Waals surface area contributed by atoms with Gasteiger partial charge in [-0.05, 0) is 13.0 Å². The summed E-state index contributed by atoms with van der Waals surface area (Å²) in [5.41, 5.74) is -0.224. The molecular formula is C10H15F3N4O2. The van der Waals surface area contributed by atoms with Crippen molar-refractivity contribution in [3.63, 3.8) is 0 Å². The van der Waals surface area contributed by atoms with Crippen LogP contribution in [0.3, 0.4) is 0 Å². The van der Waals surface area contributed by atoms with Crippen LogP contribution in [-0.4, -0.2) is 56.8 Å². The van der Waals surface area contributed by atoms with E-state index in [1.807, 2.05) is 0 Å². The van der Waals surface area contributed by atoms with E-state index in [9.17, 15) is 18.0 Å². The van der Waals surface area contributed by atoms with E-state index in [0.29, 0.717) is 13.0 Å². The summed E-state index contributed by atoms with van der Waals surface area (Å²) >= 11 is 0. The van der Waals surface area contributed by atoms with Gasteiger partial charge < -0.3 is 5.11 Å². The van der Waals surface area contributed by atoms with E-state index in [4.69, 9.17) is 5.11 Å². The van der Waals surface area contributed by atoms with Gasteiger partial charge in [-0.15, -0.1) is 5.10 Å². The highest BCUT2D eigenvalue weighted by molar-refractivity contribution is 5.84. The molecule has 0 radical (unpaired) electrons. The summed E-state index contributed by atoms with van der Waals surface area (Å²) < 4.78 is 38.2. The quantitative estimate of drug-likeness (QED) is 0.814. The van der Waals surface area contributed by atoms with E-state index in [1.54, 1.807) is 6.92 Å². The van der Waals surface area contributed by atoms with Gasteiger partial charge in [-0.3, -0.25) is 9.58 Å². The molecule has 0 fully saturated rings. The molecule has 19 heavy (non-hydrogen) atoms. The summed E-state index contributed by atoms with van der Waals surface area (Å²) in [5, 5.41) is 15.6. The molecule has 1 N–H and O–H groups in total. The summed E-state index contributed by atoms with van der Waals surface area (Å²) in [6.45, 7) is 1.43. The molecule has 0 saturated carbocycles. The van der Waals surface area contributed by atoms with Crippen LogP contribution in [-0.2, 0) is 6.54 Å². The first-order valence-electron chi connectivity index (χ1n) is 5.74. The Labute approximate surface area is 107 Å². The van der Waals surface area contributed by atoms with Gasteiger partial charge in [0.2, 0.25) is 0 Å². The zero-order valence-corrected chi connectivity index (χ0v) is 10.4. The van der Waals surface area contributed by atoms with Gasteiger partial charge in [-0.2, -0.15) is 13.2 Å². The SMILES string of the molecule is CCCN(CCn1cc(C(=O)O)nn1)CC(F)(F)F. The Balaban J connectivity index is 2.52. The van der Waals surface area contributed by atoms with Gasteiger partial charge in [0, 0.05) is 6.54 Å². The van der Waals surface area contributed by atoms with Crippen LogP contribution in [0, 0.1) is 0 Å². The van der Waals surface area contributed by atoms with Gasteiger partial charge in [0.1, 0.15) is 0 Å². The Hall–Kier alpha value is -1.64. The Kier molecular flexibility index (Phi) is 5.28. The molecule has 0 aliphatic rings. The lowest BCUT2D eigenvalue weighted by atomic mass is 10.4. The van der Waals surface area contributed by atoms with E-state index in [0.717, 1.165) is 0 Å². The molecule has 0 saturated heterocycles. The van der Waals surface area contributed by atoms with Crippen molar-refractivity contribution in [1.82, 2.24) is 19.9 Å². The summed E-state index contributed by atoms with van der Waals surface area (Å²) in [4.78, 5) is 11.8. The second-order valence-corrected chi connectivity index (χ2v) is 4.06. The minimum atomic E-state index is -4.25. The fourth-order valence-corrected chi connectivity index (χ4v) is 1.59. The third-order valence-electron chi connectivity index (χ3n) is 2.35. The first-order valence-corrected chi connectivity index (χ1v) is 5.74. The third kappa shape index (κ3) is 5.69. The predicted octanol–water partition coefficient (Wildman–Crippen LogP) is 1.25. The molecule has 0 bridgehead atoms. The zero-order valence-electron chi connectivity index (χ0n) is 10.4. The first-order chi connectivity index (χ1) is 8.81. The molecule has 108 valence electrons. The highest BCUT2D eigenvalue weighted by Crippen LogP contribution is 2.16. The lowest BCUT2D eigenvalue weighted by Gasteiger charge is -2.22. The molecule has 0 aromatic carbocycles. The van der Waals surface area contributed by atoms with Gasteiger partial charge in [0.05, 0.1) is 19.3 Å². The Morgan fingerprint density at radius 2 is 2.16 bits per heavy atom. The number of aromatic nitrogens is 3. The van der Waals surface area contributed by atoms with Gasteiger partial charge in [-0.25, -0.2) is 4.79 Å². The van der Waals surface area contributed by atoms with Gasteiger partial charge >= 0.3 is 12.1 Å². The number of carboxylic acid groups (broad SMARTS) is 1. The number of aromatic carboxylic acids is 1. The fraction of sp³-hybridized carbons (Fsp3) is 0.700. The average Bonchev–Trinajstić information content (AvgIpc) is 2.73. The third-order valence-corrected chi connectivity index (χ3v) is 2.35. The number of rotatable bonds is 7. The van der Waals surface area contributed by atoms with Crippen LogP contribution in [0.1, 0.15) is 23.8 Å². The van der Waals surface area contributed by atoms with Crippen molar-refractivity contribution in [2.45, 2.75) is 26.1 Å². The van der Waals surface area contributed by atoms with Crippen molar-refractivity contribution in [1.29, 1.82) is 0 Å². The largest absolute Gasteiger partial charge is 0.476 e. The van der Waals surface area contributed by atoms with E-state index in [-0.39, 0.29) is 18.8 Å². The van der Waals surface area contributed by atoms with E-state index in [1.165, 1.54) is 15.8 Å². The normalized spacial score (nSPS) is 12.1. The van der Waals surface area contributed by atoms with Crippen LogP contribution in [0.25, 0.3) is 0 Å². The van der Waals surface area contributed by atoms with Crippen LogP contribution in [0.2, 0.25) is 0 Å². The second kappa shape index (κ2) is 6.50. The van der Waals surface area contributed by atoms with Crippen molar-refractivity contribution >= 4 is 5.97 Å². The van der Waals surface area contributed by atoms with E-state index >= 15 is 0 Å². The summed E-state index contributed by atoms with van der Waals surface area (Å²) in [6, 6.07) is 0. The standard InChI is InChI=1S/C10H15F3N4O2/c1-2-3-16(7-10(11,12)13)4-5-17-6-8(9(18)19)14-15-17/h6H,2-5,7H2,1H3,(H,18,19). The summed E-state index contributed by atoms with van der Waals surface area (Å²) in [7, 11) is 0. The number of carboxylic acids is 1. The number of alkyl halides is 3. The molecule has 0 aliphatic carbocycles. The van der Waals surface area contributed by atoms with Crippen LogP contribution in [0.15, 0.2) is 6.20 Å². The van der Waals surface area contributed by atoms with Gasteiger partial charge in [0.15, 0.2) is 5.69 Å². The maximum atomic E-state index is 12.3. The monoisotopic (exact) mass is 280 g/mol. The summed E-state index contributed by atoms with van der Waals surface area (Å²) in [5.74, 6) is -1.22. The Morgan fingerprint density at radius 3 is 2.63 bits per heavy atom. The molecule has 1 heterocycles. The molecule has 0 unspecified atom stereocenters. The molecule has 9 heteroatoms. The molecular weight excluding hydrogens is 265 g/mol. The van der Waals surface area contributed by atoms with Crippen LogP contribution in [0.4, 0.5) is 13.2 Å². The zero-order chi connectivity index (χ0) is 14.5. The smallest absolute Gasteiger partial charge is 0.401 e. The van der Waals surface area contributed by atoms with E-state index < -0.39 is 18.7 Å². The molecule has 6 nitrogen and oxygen atoms in total. The highest BCUT2D eigenvalue weighted by atomic mass is 19.4. The number of hydrogen-bond donors (Lipinski definition) is 1. The van der Waals surface area contributed by atoms with Gasteiger partial charge in [-0.1, -0.05) is 12.1 Å². The minimum absolute atomic E-state index is 0.135. The maximum absolute atomic E-state index is 12.3. The number of halogens is 3. The van der Waals surface area contributed by atoms with Crippen LogP contribution < -0.4 is 0 Å². The topological polar surface area (TPSA) is 71.2 Å². The Morgan fingerprint density at radius 1 is 1.47 bits per heavy atom. The van der Waals surface area contributed by atoms with Crippen LogP contribution >= 0.6 is 0 Å². The molecule has 0 atom stereocenters. The predicted molar refractivity (Wildman–Crippen MR) is 59.8 cm³/mol. The van der Waals surface area contributed by atoms with Crippen molar-refractivity contribution in [3.05, 3.63) is 11.9 Å². The summed E-state index contributed by atoms with van der Waals surface area (Å²) in [6.07, 6.45) is -2.45. The molecule has 0 aliphatic heterocycles. The number of hydrogen-bond acceptors (Lipinski definition) is 4. The van der Waals surface area contributed by atoms with Crippen molar-refractivity contribution in [3.8, 4) is 0 Å². The highest BCUT2D eigenvalue weighted by Gasteiger charge is 2.30. The molecule has 1 rings (SSSR count). The molecule has 1 aromatic rings. The van der Waals surface area contributed by atoms with Gasteiger partial charge in [0.25, 0.3) is 0 Å². The lowest BCUT2D eigenvalue weighted by Crippen LogP contribution is -2.37. The first kappa shape index (κ1) is 15.4. The Bertz CT molecular complexity index is 419. The number of nitrogens with zero attached hydrogens (tertiary/aromatic N) is 4. The molecule has 1 aromatic heterocycles. The molecule has 0 spiro atoms. The van der Waals surface area contributed by atoms with Crippen molar-refractivity contribution in [2.24, 2.45) is 0 Å². The second-order valence-electron chi connectivity index (χ2n) is 4.06. The minimum Gasteiger partial charge on any atom is -0.476 e. The van der Waals surface area contributed by atoms with E-state index in [2.05, 4.69) is 10.3 Å². The molecule has 0 amide bonds. The maximum Gasteiger partial charge on any atom is 0.401 e. The average molecular weight is 280 g/mol. The van der Waals surface area contributed by atoms with Crippen molar-refractivity contribution < 1.29 is 23.1 Å². The number of carbonyl (C=O) groups is 1. The van der Waals surface area contributed by atoms with Crippen molar-refractivity contribution in [2.75, 3.05) is 19.6 Å².